The minimum atomic E-state index is -0.00819. The number of morpholine rings is 1. The summed E-state index contributed by atoms with van der Waals surface area (Å²) in [6, 6.07) is 7.92. The highest BCUT2D eigenvalue weighted by atomic mass is 16.5. The highest BCUT2D eigenvalue weighted by molar-refractivity contribution is 5.90. The van der Waals surface area contributed by atoms with Crippen LogP contribution in [0, 0.1) is 0 Å². The Kier molecular flexibility index (Phi) is 8.71. The van der Waals surface area contributed by atoms with Crippen molar-refractivity contribution in [2.75, 3.05) is 51.8 Å². The van der Waals surface area contributed by atoms with Crippen molar-refractivity contribution in [3.8, 4) is 0 Å². The van der Waals surface area contributed by atoms with Gasteiger partial charge in [0.25, 0.3) is 0 Å². The number of carbonyl (C=O) groups is 2. The summed E-state index contributed by atoms with van der Waals surface area (Å²) in [5.74, 6) is -0.00705. The molecule has 0 aromatic heterocycles. The molecule has 0 saturated carbocycles. The molecule has 1 aromatic carbocycles. The van der Waals surface area contributed by atoms with Gasteiger partial charge in [-0.1, -0.05) is 12.1 Å². The first-order chi connectivity index (χ1) is 12.9. The van der Waals surface area contributed by atoms with Crippen LogP contribution in [0.5, 0.6) is 0 Å². The molecular formula is C20H32N4O3. The van der Waals surface area contributed by atoms with E-state index in [1.165, 1.54) is 0 Å². The van der Waals surface area contributed by atoms with E-state index in [4.69, 9.17) is 4.74 Å². The lowest BCUT2D eigenvalue weighted by Gasteiger charge is -2.26. The van der Waals surface area contributed by atoms with Gasteiger partial charge in [0.15, 0.2) is 0 Å². The lowest BCUT2D eigenvalue weighted by Crippen LogP contribution is -2.38. The molecule has 2 rings (SSSR count). The third kappa shape index (κ3) is 8.07. The first kappa shape index (κ1) is 21.3. The van der Waals surface area contributed by atoms with Crippen molar-refractivity contribution in [2.45, 2.75) is 32.9 Å². The Hall–Kier alpha value is -1.96. The topological polar surface area (TPSA) is 73.9 Å². The minimum absolute atomic E-state index is 0.00114. The summed E-state index contributed by atoms with van der Waals surface area (Å²) in [5.41, 5.74) is 1.72. The Morgan fingerprint density at radius 3 is 2.67 bits per heavy atom. The van der Waals surface area contributed by atoms with Gasteiger partial charge in [0.2, 0.25) is 11.8 Å². The molecule has 7 nitrogen and oxygen atoms in total. The molecule has 1 aliphatic rings. The summed E-state index contributed by atoms with van der Waals surface area (Å²) < 4.78 is 5.31. The van der Waals surface area contributed by atoms with Gasteiger partial charge < -0.3 is 15.4 Å². The van der Waals surface area contributed by atoms with Crippen molar-refractivity contribution in [1.82, 2.24) is 15.1 Å². The second kappa shape index (κ2) is 11.0. The van der Waals surface area contributed by atoms with Crippen LogP contribution in [0.2, 0.25) is 0 Å². The fraction of sp³-hybridized carbons (Fsp3) is 0.600. The molecule has 1 fully saturated rings. The van der Waals surface area contributed by atoms with Gasteiger partial charge in [-0.3, -0.25) is 19.4 Å². The van der Waals surface area contributed by atoms with Crippen molar-refractivity contribution in [2.24, 2.45) is 0 Å². The predicted molar refractivity (Wildman–Crippen MR) is 107 cm³/mol. The number of anilines is 1. The summed E-state index contributed by atoms with van der Waals surface area (Å²) in [6.07, 6.45) is 0.461. The Morgan fingerprint density at radius 2 is 1.96 bits per heavy atom. The van der Waals surface area contributed by atoms with Gasteiger partial charge in [-0.05, 0) is 38.6 Å². The van der Waals surface area contributed by atoms with Crippen LogP contribution in [0.25, 0.3) is 0 Å². The van der Waals surface area contributed by atoms with Crippen molar-refractivity contribution in [3.63, 3.8) is 0 Å². The van der Waals surface area contributed by atoms with Gasteiger partial charge in [-0.2, -0.15) is 0 Å². The van der Waals surface area contributed by atoms with E-state index < -0.39 is 0 Å². The standard InChI is InChI=1S/C20H32N4O3/c1-16(2)23(3)15-20(26)21-14-17-5-4-6-18(13-17)22-19(25)7-8-24-9-11-27-12-10-24/h4-6,13,16H,7-12,14-15H2,1-3H3,(H,21,26)(H,22,25). The number of ether oxygens (including phenoxy) is 1. The Balaban J connectivity index is 1.75. The molecule has 0 radical (unpaired) electrons. The summed E-state index contributed by atoms with van der Waals surface area (Å²) in [7, 11) is 1.93. The van der Waals surface area contributed by atoms with Gasteiger partial charge in [0, 0.05) is 44.3 Å². The zero-order valence-corrected chi connectivity index (χ0v) is 16.7. The zero-order chi connectivity index (χ0) is 19.6. The minimum Gasteiger partial charge on any atom is -0.379 e. The quantitative estimate of drug-likeness (QED) is 0.680. The van der Waals surface area contributed by atoms with Crippen molar-refractivity contribution in [1.29, 1.82) is 0 Å². The molecule has 0 atom stereocenters. The lowest BCUT2D eigenvalue weighted by atomic mass is 10.2. The van der Waals surface area contributed by atoms with E-state index in [9.17, 15) is 9.59 Å². The van der Waals surface area contributed by atoms with Crippen molar-refractivity contribution < 1.29 is 14.3 Å². The van der Waals surface area contributed by atoms with Crippen LogP contribution in [0.4, 0.5) is 5.69 Å². The average molecular weight is 377 g/mol. The number of nitrogens with zero attached hydrogens (tertiary/aromatic N) is 2. The number of rotatable bonds is 9. The van der Waals surface area contributed by atoms with E-state index in [-0.39, 0.29) is 11.8 Å². The van der Waals surface area contributed by atoms with Crippen molar-refractivity contribution >= 4 is 17.5 Å². The molecule has 2 N–H and O–H groups in total. The van der Waals surface area contributed by atoms with E-state index in [0.717, 1.165) is 44.1 Å². The van der Waals surface area contributed by atoms with Gasteiger partial charge >= 0.3 is 0 Å². The number of likely N-dealkylation sites (N-methyl/N-ethyl adjacent to an activating group) is 1. The number of hydrogen-bond donors (Lipinski definition) is 2. The third-order valence-electron chi connectivity index (χ3n) is 4.73. The summed E-state index contributed by atoms with van der Waals surface area (Å²) >= 11 is 0. The smallest absolute Gasteiger partial charge is 0.234 e. The van der Waals surface area contributed by atoms with Crippen LogP contribution in [0.15, 0.2) is 24.3 Å². The van der Waals surface area contributed by atoms with E-state index in [0.29, 0.717) is 25.6 Å². The Bertz CT molecular complexity index is 615. The molecule has 1 heterocycles. The largest absolute Gasteiger partial charge is 0.379 e. The number of hydrogen-bond acceptors (Lipinski definition) is 5. The molecule has 0 aliphatic carbocycles. The number of nitrogens with one attached hydrogen (secondary N) is 2. The van der Waals surface area contributed by atoms with E-state index in [1.54, 1.807) is 0 Å². The number of amides is 2. The molecule has 0 spiro atoms. The van der Waals surface area contributed by atoms with Crippen LogP contribution in [0.3, 0.4) is 0 Å². The Morgan fingerprint density at radius 1 is 1.22 bits per heavy atom. The molecule has 7 heteroatoms. The monoisotopic (exact) mass is 376 g/mol. The molecule has 2 amide bonds. The number of benzene rings is 1. The molecule has 1 aliphatic heterocycles. The highest BCUT2D eigenvalue weighted by Gasteiger charge is 2.12. The second-order valence-corrected chi connectivity index (χ2v) is 7.24. The molecule has 27 heavy (non-hydrogen) atoms. The van der Waals surface area contributed by atoms with E-state index >= 15 is 0 Å². The normalized spacial score (nSPS) is 15.1. The molecule has 0 bridgehead atoms. The maximum absolute atomic E-state index is 12.2. The van der Waals surface area contributed by atoms with Gasteiger partial charge in [-0.15, -0.1) is 0 Å². The molecule has 1 aromatic rings. The Labute approximate surface area is 162 Å². The third-order valence-corrected chi connectivity index (χ3v) is 4.73. The molecule has 150 valence electrons. The summed E-state index contributed by atoms with van der Waals surface area (Å²) in [5, 5.41) is 5.86. The van der Waals surface area contributed by atoms with E-state index in [1.807, 2.05) is 36.2 Å². The lowest BCUT2D eigenvalue weighted by molar-refractivity contribution is -0.122. The van der Waals surface area contributed by atoms with Gasteiger partial charge in [0.05, 0.1) is 19.8 Å². The van der Waals surface area contributed by atoms with Crippen LogP contribution < -0.4 is 10.6 Å². The molecule has 1 saturated heterocycles. The number of carbonyl (C=O) groups excluding carboxylic acids is 2. The van der Waals surface area contributed by atoms with Crippen LogP contribution in [-0.2, 0) is 20.9 Å². The molecular weight excluding hydrogens is 344 g/mol. The SMILES string of the molecule is CC(C)N(C)CC(=O)NCc1cccc(NC(=O)CCN2CCOCC2)c1. The predicted octanol–water partition coefficient (Wildman–Crippen LogP) is 1.30. The second-order valence-electron chi connectivity index (χ2n) is 7.24. The fourth-order valence-corrected chi connectivity index (χ4v) is 2.73. The highest BCUT2D eigenvalue weighted by Crippen LogP contribution is 2.11. The zero-order valence-electron chi connectivity index (χ0n) is 16.7. The van der Waals surface area contributed by atoms with E-state index in [2.05, 4.69) is 29.4 Å². The summed E-state index contributed by atoms with van der Waals surface area (Å²) in [4.78, 5) is 28.4. The first-order valence-corrected chi connectivity index (χ1v) is 9.60. The average Bonchev–Trinajstić information content (AvgIpc) is 2.66. The van der Waals surface area contributed by atoms with Gasteiger partial charge in [0.1, 0.15) is 0 Å². The van der Waals surface area contributed by atoms with Crippen LogP contribution >= 0.6 is 0 Å². The maximum atomic E-state index is 12.2. The first-order valence-electron chi connectivity index (χ1n) is 9.60. The van der Waals surface area contributed by atoms with Crippen LogP contribution in [0.1, 0.15) is 25.8 Å². The summed E-state index contributed by atoms with van der Waals surface area (Å²) in [6.45, 7) is 8.91. The van der Waals surface area contributed by atoms with Gasteiger partial charge in [-0.25, -0.2) is 0 Å². The fourth-order valence-electron chi connectivity index (χ4n) is 2.73. The maximum Gasteiger partial charge on any atom is 0.234 e. The van der Waals surface area contributed by atoms with Crippen molar-refractivity contribution in [3.05, 3.63) is 29.8 Å². The molecule has 0 unspecified atom stereocenters. The van der Waals surface area contributed by atoms with Crippen LogP contribution in [-0.4, -0.2) is 74.1 Å².